The standard InChI is InChI=1S/C17H16N2O3S/c20-16(12-8-9-12)15-11-19(17-14(15)7-4-10-18-17)23(21,22)13-5-2-1-3-6-13/h1-7,10-12,16,20H,8-9H2/t16-/m0/s1. The van der Waals surface area contributed by atoms with Crippen LogP contribution in [0.4, 0.5) is 0 Å². The zero-order chi connectivity index (χ0) is 16.0. The van der Waals surface area contributed by atoms with Crippen molar-refractivity contribution in [2.45, 2.75) is 23.8 Å². The average Bonchev–Trinajstić information content (AvgIpc) is 3.35. The molecule has 0 bridgehead atoms. The van der Waals surface area contributed by atoms with E-state index in [0.29, 0.717) is 16.6 Å². The molecule has 0 radical (unpaired) electrons. The summed E-state index contributed by atoms with van der Waals surface area (Å²) in [6, 6.07) is 11.8. The van der Waals surface area contributed by atoms with Crippen molar-refractivity contribution in [3.8, 4) is 0 Å². The van der Waals surface area contributed by atoms with Crippen molar-refractivity contribution in [2.75, 3.05) is 0 Å². The second kappa shape index (κ2) is 5.18. The number of hydrogen-bond donors (Lipinski definition) is 1. The Kier molecular flexibility index (Phi) is 3.25. The molecule has 0 aliphatic heterocycles. The molecule has 1 aromatic carbocycles. The van der Waals surface area contributed by atoms with Crippen molar-refractivity contribution in [1.29, 1.82) is 0 Å². The molecule has 0 amide bonds. The molecule has 118 valence electrons. The molecule has 1 saturated carbocycles. The van der Waals surface area contributed by atoms with E-state index in [0.717, 1.165) is 12.8 Å². The fourth-order valence-electron chi connectivity index (χ4n) is 2.85. The lowest BCUT2D eigenvalue weighted by Gasteiger charge is -2.07. The molecule has 1 N–H and O–H groups in total. The van der Waals surface area contributed by atoms with E-state index in [4.69, 9.17) is 0 Å². The van der Waals surface area contributed by atoms with Gasteiger partial charge in [0.2, 0.25) is 0 Å². The van der Waals surface area contributed by atoms with Crippen LogP contribution in [0.2, 0.25) is 0 Å². The molecule has 0 unspecified atom stereocenters. The Bertz CT molecular complexity index is 960. The number of pyridine rings is 1. The molecule has 1 aliphatic carbocycles. The van der Waals surface area contributed by atoms with Gasteiger partial charge in [0.25, 0.3) is 10.0 Å². The third kappa shape index (κ3) is 2.34. The fraction of sp³-hybridized carbons (Fsp3) is 0.235. The van der Waals surface area contributed by atoms with Crippen LogP contribution in [0.15, 0.2) is 59.8 Å². The maximum Gasteiger partial charge on any atom is 0.269 e. The van der Waals surface area contributed by atoms with E-state index >= 15 is 0 Å². The highest BCUT2D eigenvalue weighted by Crippen LogP contribution is 2.43. The number of aliphatic hydroxyl groups is 1. The lowest BCUT2D eigenvalue weighted by Crippen LogP contribution is -2.12. The van der Waals surface area contributed by atoms with Gasteiger partial charge in [0.1, 0.15) is 0 Å². The first-order valence-electron chi connectivity index (χ1n) is 7.54. The van der Waals surface area contributed by atoms with Gasteiger partial charge in [-0.1, -0.05) is 18.2 Å². The Morgan fingerprint density at radius 3 is 2.57 bits per heavy atom. The van der Waals surface area contributed by atoms with E-state index in [1.54, 1.807) is 48.7 Å². The molecule has 2 heterocycles. The Morgan fingerprint density at radius 1 is 1.13 bits per heavy atom. The first-order valence-corrected chi connectivity index (χ1v) is 8.98. The molecule has 1 aliphatic rings. The molecule has 5 nitrogen and oxygen atoms in total. The maximum absolute atomic E-state index is 12.9. The molecule has 1 fully saturated rings. The summed E-state index contributed by atoms with van der Waals surface area (Å²) in [5, 5.41) is 11.2. The van der Waals surface area contributed by atoms with Gasteiger partial charge in [-0.15, -0.1) is 0 Å². The van der Waals surface area contributed by atoms with Crippen LogP contribution in [0, 0.1) is 5.92 Å². The SMILES string of the molecule is O=S(=O)(c1ccccc1)n1cc([C@@H](O)C2CC2)c2cccnc21. The minimum atomic E-state index is -3.74. The van der Waals surface area contributed by atoms with E-state index in [1.165, 1.54) is 10.2 Å². The topological polar surface area (TPSA) is 72.2 Å². The van der Waals surface area contributed by atoms with E-state index in [-0.39, 0.29) is 10.8 Å². The van der Waals surface area contributed by atoms with Crippen LogP contribution >= 0.6 is 0 Å². The van der Waals surface area contributed by atoms with E-state index < -0.39 is 16.1 Å². The first kappa shape index (κ1) is 14.4. The van der Waals surface area contributed by atoms with Gasteiger partial charge < -0.3 is 5.11 Å². The summed E-state index contributed by atoms with van der Waals surface area (Å²) in [7, 11) is -3.74. The van der Waals surface area contributed by atoms with E-state index in [1.807, 2.05) is 0 Å². The molecule has 3 aromatic rings. The number of aromatic nitrogens is 2. The summed E-state index contributed by atoms with van der Waals surface area (Å²) in [4.78, 5) is 4.43. The smallest absolute Gasteiger partial charge is 0.269 e. The number of hydrogen-bond acceptors (Lipinski definition) is 4. The van der Waals surface area contributed by atoms with E-state index in [2.05, 4.69) is 4.98 Å². The summed E-state index contributed by atoms with van der Waals surface area (Å²) in [6.07, 6.45) is 4.38. The fourth-order valence-corrected chi connectivity index (χ4v) is 4.20. The molecule has 0 spiro atoms. The number of benzene rings is 1. The van der Waals surface area contributed by atoms with Crippen molar-refractivity contribution in [2.24, 2.45) is 5.92 Å². The quantitative estimate of drug-likeness (QED) is 0.799. The molecule has 1 atom stereocenters. The van der Waals surface area contributed by atoms with Gasteiger partial charge in [-0.05, 0) is 43.0 Å². The second-order valence-electron chi connectivity index (χ2n) is 5.86. The van der Waals surface area contributed by atoms with Gasteiger partial charge >= 0.3 is 0 Å². The predicted octanol–water partition coefficient (Wildman–Crippen LogP) is 2.72. The molecule has 4 rings (SSSR count). The van der Waals surface area contributed by atoms with Gasteiger partial charge in [-0.3, -0.25) is 0 Å². The highest BCUT2D eigenvalue weighted by molar-refractivity contribution is 7.90. The van der Waals surface area contributed by atoms with Crippen LogP contribution in [-0.4, -0.2) is 22.5 Å². The molecule has 0 saturated heterocycles. The van der Waals surface area contributed by atoms with Gasteiger partial charge in [0.05, 0.1) is 11.0 Å². The van der Waals surface area contributed by atoms with Gasteiger partial charge in [0.15, 0.2) is 5.65 Å². The summed E-state index contributed by atoms with van der Waals surface area (Å²) < 4.78 is 27.0. The minimum absolute atomic E-state index is 0.204. The van der Waals surface area contributed by atoms with Gasteiger partial charge in [-0.25, -0.2) is 17.4 Å². The summed E-state index contributed by atoms with van der Waals surface area (Å²) in [6.45, 7) is 0. The highest BCUT2D eigenvalue weighted by Gasteiger charge is 2.34. The number of fused-ring (bicyclic) bond motifs is 1. The Hall–Kier alpha value is -2.18. The van der Waals surface area contributed by atoms with Crippen LogP contribution in [-0.2, 0) is 10.0 Å². The predicted molar refractivity (Wildman–Crippen MR) is 86.4 cm³/mol. The second-order valence-corrected chi connectivity index (χ2v) is 7.67. The summed E-state index contributed by atoms with van der Waals surface area (Å²) in [5.74, 6) is 0.216. The number of aliphatic hydroxyl groups excluding tert-OH is 1. The minimum Gasteiger partial charge on any atom is -0.388 e. The first-order chi connectivity index (χ1) is 11.1. The van der Waals surface area contributed by atoms with Gasteiger partial charge in [0, 0.05) is 23.3 Å². The number of rotatable bonds is 4. The van der Waals surface area contributed by atoms with Crippen LogP contribution in [0.1, 0.15) is 24.5 Å². The monoisotopic (exact) mass is 328 g/mol. The Labute approximate surface area is 134 Å². The molecule has 23 heavy (non-hydrogen) atoms. The molecular weight excluding hydrogens is 312 g/mol. The van der Waals surface area contributed by atoms with Crippen molar-refractivity contribution in [3.63, 3.8) is 0 Å². The zero-order valence-corrected chi connectivity index (χ0v) is 13.1. The lowest BCUT2D eigenvalue weighted by atomic mass is 10.1. The number of nitrogens with zero attached hydrogens (tertiary/aromatic N) is 2. The average molecular weight is 328 g/mol. The maximum atomic E-state index is 12.9. The third-order valence-corrected chi connectivity index (χ3v) is 5.91. The van der Waals surface area contributed by atoms with Crippen LogP contribution in [0.25, 0.3) is 11.0 Å². The largest absolute Gasteiger partial charge is 0.388 e. The Morgan fingerprint density at radius 2 is 1.87 bits per heavy atom. The third-order valence-electron chi connectivity index (χ3n) is 4.25. The molecule has 2 aromatic heterocycles. The van der Waals surface area contributed by atoms with Crippen molar-refractivity contribution in [1.82, 2.24) is 8.96 Å². The van der Waals surface area contributed by atoms with E-state index in [9.17, 15) is 13.5 Å². The zero-order valence-electron chi connectivity index (χ0n) is 12.3. The molecular formula is C17H16N2O3S. The summed E-state index contributed by atoms with van der Waals surface area (Å²) >= 11 is 0. The van der Waals surface area contributed by atoms with Gasteiger partial charge in [-0.2, -0.15) is 0 Å². The van der Waals surface area contributed by atoms with Crippen LogP contribution in [0.3, 0.4) is 0 Å². The van der Waals surface area contributed by atoms with Crippen molar-refractivity contribution < 1.29 is 13.5 Å². The highest BCUT2D eigenvalue weighted by atomic mass is 32.2. The van der Waals surface area contributed by atoms with Crippen molar-refractivity contribution >= 4 is 21.1 Å². The summed E-state index contributed by atoms with van der Waals surface area (Å²) in [5.41, 5.74) is 0.987. The normalized spacial score (nSPS) is 16.6. The van der Waals surface area contributed by atoms with Crippen LogP contribution in [0.5, 0.6) is 0 Å². The lowest BCUT2D eigenvalue weighted by molar-refractivity contribution is 0.155. The van der Waals surface area contributed by atoms with Crippen LogP contribution < -0.4 is 0 Å². The Balaban J connectivity index is 1.94. The molecule has 6 heteroatoms. The van der Waals surface area contributed by atoms with Crippen molar-refractivity contribution in [3.05, 3.63) is 60.4 Å².